The number of para-hydroxylation sites is 1. The molecule has 2 amide bonds. The summed E-state index contributed by atoms with van der Waals surface area (Å²) in [5.41, 5.74) is 2.38. The van der Waals surface area contributed by atoms with Crippen LogP contribution in [0, 0.1) is 5.92 Å². The fraction of sp³-hybridized carbons (Fsp3) is 0.261. The second-order valence-electron chi connectivity index (χ2n) is 7.48. The van der Waals surface area contributed by atoms with Gasteiger partial charge in [0, 0.05) is 17.3 Å². The van der Waals surface area contributed by atoms with Crippen molar-refractivity contribution in [3.05, 3.63) is 65.7 Å². The molecule has 1 fully saturated rings. The molecule has 2 unspecified atom stereocenters. The molecular weight excluding hydrogens is 398 g/mol. The van der Waals surface area contributed by atoms with E-state index in [9.17, 15) is 9.59 Å². The summed E-state index contributed by atoms with van der Waals surface area (Å²) >= 11 is 1.67. The van der Waals surface area contributed by atoms with E-state index in [0.717, 1.165) is 27.3 Å². The highest BCUT2D eigenvalue weighted by Crippen LogP contribution is 2.39. The molecule has 2 aromatic carbocycles. The Morgan fingerprint density at radius 3 is 2.83 bits per heavy atom. The number of hydrogen-bond acceptors (Lipinski definition) is 5. The molecule has 0 saturated carbocycles. The van der Waals surface area contributed by atoms with Crippen molar-refractivity contribution in [2.24, 2.45) is 5.92 Å². The van der Waals surface area contributed by atoms with Crippen LogP contribution in [-0.2, 0) is 9.53 Å². The Balaban J connectivity index is 1.37. The van der Waals surface area contributed by atoms with Gasteiger partial charge in [0.25, 0.3) is 0 Å². The lowest BCUT2D eigenvalue weighted by molar-refractivity contribution is -0.120. The first-order chi connectivity index (χ1) is 14.7. The number of carbonyl (C=O) groups excluding carboxylic acids is 2. The van der Waals surface area contributed by atoms with E-state index in [-0.39, 0.29) is 23.8 Å². The lowest BCUT2D eigenvalue weighted by Crippen LogP contribution is -2.29. The van der Waals surface area contributed by atoms with Gasteiger partial charge in [-0.1, -0.05) is 30.4 Å². The lowest BCUT2D eigenvalue weighted by Gasteiger charge is -2.26. The van der Waals surface area contributed by atoms with E-state index in [2.05, 4.69) is 23.5 Å². The van der Waals surface area contributed by atoms with E-state index in [1.165, 1.54) is 0 Å². The fourth-order valence-electron chi connectivity index (χ4n) is 4.04. The number of aromatic nitrogens is 1. The number of benzene rings is 2. The molecule has 0 radical (unpaired) electrons. The molecule has 0 bridgehead atoms. The van der Waals surface area contributed by atoms with Crippen molar-refractivity contribution in [3.8, 4) is 0 Å². The molecule has 152 valence electrons. The number of fused-ring (bicyclic) bond motifs is 1. The van der Waals surface area contributed by atoms with Crippen LogP contribution in [0.2, 0.25) is 0 Å². The van der Waals surface area contributed by atoms with Crippen LogP contribution in [0.5, 0.6) is 0 Å². The van der Waals surface area contributed by atoms with Gasteiger partial charge in [0.1, 0.15) is 6.61 Å². The van der Waals surface area contributed by atoms with Crippen molar-refractivity contribution in [1.82, 2.24) is 4.98 Å². The monoisotopic (exact) mass is 419 g/mol. The molecule has 2 aliphatic rings. The van der Waals surface area contributed by atoms with Crippen LogP contribution in [0.3, 0.4) is 0 Å². The highest BCUT2D eigenvalue weighted by Gasteiger charge is 2.32. The maximum atomic E-state index is 13.2. The molecule has 1 aromatic heterocycles. The zero-order valence-electron chi connectivity index (χ0n) is 16.3. The molecule has 2 atom stereocenters. The number of hydrogen-bond donors (Lipinski definition) is 1. The average Bonchev–Trinajstić information content (AvgIpc) is 3.40. The van der Waals surface area contributed by atoms with Crippen molar-refractivity contribution in [2.45, 2.75) is 18.8 Å². The predicted octanol–water partition coefficient (Wildman–Crippen LogP) is 4.94. The van der Waals surface area contributed by atoms with Crippen LogP contribution in [0.25, 0.3) is 10.2 Å². The largest absolute Gasteiger partial charge is 0.447 e. The molecule has 6 nitrogen and oxygen atoms in total. The van der Waals surface area contributed by atoms with Crippen LogP contribution >= 0.6 is 11.3 Å². The Labute approximate surface area is 178 Å². The Bertz CT molecular complexity index is 1110. The molecule has 0 spiro atoms. The molecule has 2 heterocycles. The summed E-state index contributed by atoms with van der Waals surface area (Å²) in [6, 6.07) is 15.4. The number of ether oxygens (including phenoxy) is 1. The number of nitrogens with zero attached hydrogens (tertiary/aromatic N) is 2. The van der Waals surface area contributed by atoms with E-state index < -0.39 is 0 Å². The van der Waals surface area contributed by atoms with Gasteiger partial charge in [0.15, 0.2) is 0 Å². The SMILES string of the molecule is O=C(Nc1cccc(N2CCOC2=O)c1)C1CC=CCC1c1nc2ccccc2s1. The molecular formula is C23H21N3O3S. The Morgan fingerprint density at radius 2 is 2.00 bits per heavy atom. The first-order valence-corrected chi connectivity index (χ1v) is 10.9. The van der Waals surface area contributed by atoms with Crippen molar-refractivity contribution in [3.63, 3.8) is 0 Å². The Hall–Kier alpha value is -3.19. The number of carbonyl (C=O) groups is 2. The van der Waals surface area contributed by atoms with Crippen LogP contribution < -0.4 is 10.2 Å². The van der Waals surface area contributed by atoms with Gasteiger partial charge < -0.3 is 10.1 Å². The third-order valence-corrected chi connectivity index (χ3v) is 6.75. The highest BCUT2D eigenvalue weighted by molar-refractivity contribution is 7.18. The van der Waals surface area contributed by atoms with Gasteiger partial charge in [0.05, 0.1) is 27.7 Å². The maximum absolute atomic E-state index is 13.2. The summed E-state index contributed by atoms with van der Waals surface area (Å²) in [6.45, 7) is 0.900. The Morgan fingerprint density at radius 1 is 1.13 bits per heavy atom. The van der Waals surface area contributed by atoms with Crippen LogP contribution in [0.1, 0.15) is 23.8 Å². The summed E-state index contributed by atoms with van der Waals surface area (Å²) in [6.07, 6.45) is 5.35. The van der Waals surface area contributed by atoms with E-state index in [1.54, 1.807) is 16.2 Å². The van der Waals surface area contributed by atoms with Gasteiger partial charge in [-0.15, -0.1) is 11.3 Å². The predicted molar refractivity (Wildman–Crippen MR) is 118 cm³/mol. The zero-order chi connectivity index (χ0) is 20.5. The minimum Gasteiger partial charge on any atom is -0.447 e. The molecule has 1 saturated heterocycles. The van der Waals surface area contributed by atoms with Crippen LogP contribution in [0.4, 0.5) is 16.2 Å². The quantitative estimate of drug-likeness (QED) is 0.608. The normalized spacial score (nSPS) is 21.1. The number of allylic oxidation sites excluding steroid dienone is 2. The topological polar surface area (TPSA) is 71.5 Å². The molecule has 1 N–H and O–H groups in total. The van der Waals surface area contributed by atoms with Gasteiger partial charge >= 0.3 is 6.09 Å². The van der Waals surface area contributed by atoms with Crippen molar-refractivity contribution in [1.29, 1.82) is 0 Å². The number of cyclic esters (lactones) is 1. The molecule has 7 heteroatoms. The lowest BCUT2D eigenvalue weighted by atomic mass is 9.82. The average molecular weight is 420 g/mol. The number of anilines is 2. The fourth-order valence-corrected chi connectivity index (χ4v) is 5.19. The summed E-state index contributed by atoms with van der Waals surface area (Å²) in [5.74, 6) is -0.148. The van der Waals surface area contributed by atoms with Crippen LogP contribution in [-0.4, -0.2) is 30.1 Å². The van der Waals surface area contributed by atoms with Crippen molar-refractivity contribution in [2.75, 3.05) is 23.4 Å². The van der Waals surface area contributed by atoms with Gasteiger partial charge in [-0.3, -0.25) is 9.69 Å². The standard InChI is InChI=1S/C23H21N3O3S/c27-21(24-15-6-5-7-16(14-15)26-12-13-29-23(26)28)17-8-1-2-9-18(17)22-25-19-10-3-4-11-20(19)30-22/h1-7,10-11,14,17-18H,8-9,12-13H2,(H,24,27). The molecule has 1 aliphatic carbocycles. The van der Waals surface area contributed by atoms with Gasteiger partial charge in [-0.25, -0.2) is 9.78 Å². The summed E-state index contributed by atoms with van der Waals surface area (Å²) in [7, 11) is 0. The zero-order valence-corrected chi connectivity index (χ0v) is 17.1. The number of rotatable bonds is 4. The summed E-state index contributed by atoms with van der Waals surface area (Å²) in [5, 5.41) is 4.06. The molecule has 30 heavy (non-hydrogen) atoms. The van der Waals surface area contributed by atoms with Gasteiger partial charge in [-0.05, 0) is 43.2 Å². The maximum Gasteiger partial charge on any atom is 0.414 e. The number of amides is 2. The summed E-state index contributed by atoms with van der Waals surface area (Å²) in [4.78, 5) is 31.4. The molecule has 5 rings (SSSR count). The van der Waals surface area contributed by atoms with Crippen LogP contribution in [0.15, 0.2) is 60.7 Å². The van der Waals surface area contributed by atoms with E-state index in [4.69, 9.17) is 9.72 Å². The van der Waals surface area contributed by atoms with E-state index >= 15 is 0 Å². The molecule has 1 aliphatic heterocycles. The Kier molecular flexibility index (Phi) is 4.96. The minimum atomic E-state index is -0.355. The second-order valence-corrected chi connectivity index (χ2v) is 8.54. The third-order valence-electron chi connectivity index (χ3n) is 5.58. The van der Waals surface area contributed by atoms with Crippen molar-refractivity contribution < 1.29 is 14.3 Å². The minimum absolute atomic E-state index is 0.0234. The summed E-state index contributed by atoms with van der Waals surface area (Å²) < 4.78 is 6.16. The third kappa shape index (κ3) is 3.57. The van der Waals surface area contributed by atoms with E-state index in [1.807, 2.05) is 42.5 Å². The number of nitrogens with one attached hydrogen (secondary N) is 1. The molecule has 3 aromatic rings. The smallest absolute Gasteiger partial charge is 0.414 e. The van der Waals surface area contributed by atoms with Crippen molar-refractivity contribution >= 4 is 44.9 Å². The van der Waals surface area contributed by atoms with Gasteiger partial charge in [-0.2, -0.15) is 0 Å². The first-order valence-electron chi connectivity index (χ1n) is 10.0. The van der Waals surface area contributed by atoms with E-state index in [0.29, 0.717) is 25.3 Å². The second kappa shape index (κ2) is 7.91. The first kappa shape index (κ1) is 18.8. The van der Waals surface area contributed by atoms with Gasteiger partial charge in [0.2, 0.25) is 5.91 Å². The highest BCUT2D eigenvalue weighted by atomic mass is 32.1. The number of thiazole rings is 1.